The summed E-state index contributed by atoms with van der Waals surface area (Å²) in [7, 11) is 0. The zero-order chi connectivity index (χ0) is 30.0. The molecule has 0 saturated heterocycles. The van der Waals surface area contributed by atoms with Gasteiger partial charge in [0.15, 0.2) is 5.11 Å². The number of hydrogen-bond donors (Lipinski definition) is 4. The molecule has 8 nitrogen and oxygen atoms in total. The zero-order valence-electron chi connectivity index (χ0n) is 23.7. The summed E-state index contributed by atoms with van der Waals surface area (Å²) in [6, 6.07) is 29.4. The molecule has 4 aromatic carbocycles. The summed E-state index contributed by atoms with van der Waals surface area (Å²) in [6.07, 6.45) is 3.26. The molecule has 0 amide bonds. The fourth-order valence-corrected chi connectivity index (χ4v) is 3.77. The number of aromatic hydroxyl groups is 2. The van der Waals surface area contributed by atoms with Crippen LogP contribution < -0.4 is 20.1 Å². The minimum atomic E-state index is 0. The number of anilines is 2. The Kier molecular flexibility index (Phi) is 16.3. The first-order valence-electron chi connectivity index (χ1n) is 13.6. The van der Waals surface area contributed by atoms with Crippen LogP contribution in [0.25, 0.3) is 0 Å². The molecular weight excluding hydrogens is 663 g/mol. The second-order valence-electron chi connectivity index (χ2n) is 8.68. The second-order valence-corrected chi connectivity index (χ2v) is 9.09. The van der Waals surface area contributed by atoms with Crippen molar-refractivity contribution in [2.24, 2.45) is 9.98 Å². The van der Waals surface area contributed by atoms with E-state index in [2.05, 4.69) is 20.6 Å². The summed E-state index contributed by atoms with van der Waals surface area (Å²) in [5, 5.41) is 25.9. The molecule has 0 aliphatic heterocycles. The van der Waals surface area contributed by atoms with Crippen molar-refractivity contribution in [3.8, 4) is 23.0 Å². The fourth-order valence-electron chi connectivity index (χ4n) is 3.53. The molecule has 10 heteroatoms. The van der Waals surface area contributed by atoms with Gasteiger partial charge >= 0.3 is 25.8 Å². The molecule has 0 unspecified atom stereocenters. The van der Waals surface area contributed by atoms with Gasteiger partial charge in [0.05, 0.1) is 26.3 Å². The predicted molar refractivity (Wildman–Crippen MR) is 186 cm³/mol. The van der Waals surface area contributed by atoms with Crippen LogP contribution in [0, 0.1) is 0 Å². The zero-order valence-corrected chi connectivity index (χ0v) is 24.6. The normalized spacial score (nSPS) is 10.4. The van der Waals surface area contributed by atoms with E-state index in [1.165, 1.54) is 0 Å². The molecular formula is C33H39InN4O4S. The minimum absolute atomic E-state index is 0. The molecule has 0 saturated carbocycles. The van der Waals surface area contributed by atoms with E-state index in [0.29, 0.717) is 42.5 Å². The molecule has 0 heterocycles. The van der Waals surface area contributed by atoms with Crippen LogP contribution in [0.1, 0.15) is 25.0 Å². The van der Waals surface area contributed by atoms with Gasteiger partial charge < -0.3 is 30.3 Å². The van der Waals surface area contributed by atoms with E-state index in [0.717, 1.165) is 22.9 Å². The molecule has 0 aromatic heterocycles. The Morgan fingerprint density at radius 3 is 1.37 bits per heavy atom. The van der Waals surface area contributed by atoms with Crippen molar-refractivity contribution in [2.45, 2.75) is 13.8 Å². The number of nitrogens with zero attached hydrogens (tertiary/aromatic N) is 2. The van der Waals surface area contributed by atoms with Crippen molar-refractivity contribution in [1.82, 2.24) is 0 Å². The first kappa shape index (κ1) is 35.2. The van der Waals surface area contributed by atoms with Gasteiger partial charge in [-0.3, -0.25) is 9.98 Å². The number of rotatable bonds is 11. The van der Waals surface area contributed by atoms with E-state index >= 15 is 0 Å². The average molecular weight is 703 g/mol. The number of aliphatic imine (C=N–C) groups is 2. The maximum absolute atomic E-state index is 9.54. The van der Waals surface area contributed by atoms with Crippen molar-refractivity contribution in [3.05, 3.63) is 108 Å². The first-order chi connectivity index (χ1) is 20.5. The van der Waals surface area contributed by atoms with Crippen molar-refractivity contribution in [3.63, 3.8) is 0 Å². The third-order valence-corrected chi connectivity index (χ3v) is 5.74. The van der Waals surface area contributed by atoms with Crippen LogP contribution in [-0.4, -0.2) is 79.9 Å². The van der Waals surface area contributed by atoms with Crippen molar-refractivity contribution >= 4 is 67.0 Å². The van der Waals surface area contributed by atoms with Gasteiger partial charge in [-0.15, -0.1) is 0 Å². The Morgan fingerprint density at radius 2 is 1.02 bits per heavy atom. The number of benzene rings is 4. The number of hydrogen-bond acceptors (Lipinski definition) is 7. The molecule has 0 radical (unpaired) electrons. The number of phenolic OH excluding ortho intramolecular Hbond substituents is 2. The molecule has 4 N–H and O–H groups in total. The van der Waals surface area contributed by atoms with Gasteiger partial charge in [0.25, 0.3) is 0 Å². The van der Waals surface area contributed by atoms with Crippen molar-refractivity contribution < 1.29 is 19.7 Å². The summed E-state index contributed by atoms with van der Waals surface area (Å²) >= 11 is 5.30. The van der Waals surface area contributed by atoms with Crippen LogP contribution in [0.4, 0.5) is 11.4 Å². The predicted octanol–water partition coefficient (Wildman–Crippen LogP) is 5.74. The van der Waals surface area contributed by atoms with E-state index in [-0.39, 0.29) is 37.3 Å². The first-order valence-corrected chi connectivity index (χ1v) is 14.0. The van der Waals surface area contributed by atoms with Gasteiger partial charge in [-0.1, -0.05) is 24.3 Å². The third-order valence-electron chi connectivity index (χ3n) is 5.54. The molecule has 0 aliphatic rings. The average Bonchev–Trinajstić information content (AvgIpc) is 2.99. The van der Waals surface area contributed by atoms with Crippen LogP contribution >= 0.6 is 12.2 Å². The quantitative estimate of drug-likeness (QED) is 0.0897. The van der Waals surface area contributed by atoms with E-state index in [9.17, 15) is 10.2 Å². The van der Waals surface area contributed by atoms with Gasteiger partial charge in [0.1, 0.15) is 23.0 Å². The van der Waals surface area contributed by atoms with Gasteiger partial charge in [-0.2, -0.15) is 0 Å². The van der Waals surface area contributed by atoms with Crippen LogP contribution in [0.3, 0.4) is 0 Å². The molecule has 0 aliphatic carbocycles. The van der Waals surface area contributed by atoms with Gasteiger partial charge in [-0.05, 0) is 98.9 Å². The summed E-state index contributed by atoms with van der Waals surface area (Å²) in [4.78, 5) is 8.39. The maximum atomic E-state index is 9.54. The van der Waals surface area contributed by atoms with Crippen LogP contribution in [0.2, 0.25) is 0 Å². The van der Waals surface area contributed by atoms with E-state index in [4.69, 9.17) is 21.7 Å². The van der Waals surface area contributed by atoms with Crippen LogP contribution in [-0.2, 0) is 0 Å². The summed E-state index contributed by atoms with van der Waals surface area (Å²) < 4.78 is 10.8. The molecule has 0 bridgehead atoms. The number of thiocarbonyl (C=S) groups is 1. The Balaban J connectivity index is 0.000000295. The Bertz CT molecular complexity index is 1340. The molecule has 0 atom stereocenters. The third kappa shape index (κ3) is 13.2. The van der Waals surface area contributed by atoms with Crippen LogP contribution in [0.15, 0.2) is 107 Å². The van der Waals surface area contributed by atoms with Gasteiger partial charge in [-0.25, -0.2) is 0 Å². The topological polar surface area (TPSA) is 108 Å². The molecule has 4 aromatic rings. The molecule has 224 valence electrons. The van der Waals surface area contributed by atoms with Gasteiger partial charge in [0.2, 0.25) is 0 Å². The molecule has 0 spiro atoms. The van der Waals surface area contributed by atoms with E-state index in [1.54, 1.807) is 48.8 Å². The van der Waals surface area contributed by atoms with E-state index in [1.807, 2.05) is 74.5 Å². The Morgan fingerprint density at radius 1 is 0.651 bits per heavy atom. The number of phenols is 2. The monoisotopic (exact) mass is 702 g/mol. The van der Waals surface area contributed by atoms with E-state index < -0.39 is 0 Å². The van der Waals surface area contributed by atoms with Crippen molar-refractivity contribution in [1.29, 1.82) is 0 Å². The molecule has 0 fully saturated rings. The summed E-state index contributed by atoms with van der Waals surface area (Å²) in [6.45, 7) is 6.29. The summed E-state index contributed by atoms with van der Waals surface area (Å²) in [5.41, 5.74) is 3.20. The SMILES string of the molecule is CCOc1ccc(NC(=S)Nc2ccc(OCC)cc2)cc1.Oc1ccccc1/C=N/CC/N=C/c1ccccc1O.[InH3]. The second kappa shape index (κ2) is 20.0. The van der Waals surface area contributed by atoms with Gasteiger partial charge in [0, 0.05) is 34.9 Å². The Hall–Kier alpha value is -4.02. The number of ether oxygens (including phenoxy) is 2. The molecule has 4 rings (SSSR count). The fraction of sp³-hybridized carbons (Fsp3) is 0.182. The van der Waals surface area contributed by atoms with Crippen LogP contribution in [0.5, 0.6) is 23.0 Å². The standard InChI is InChI=1S/C17H20N2O2S.C16H16N2O2.In.3H/c1-3-20-15-9-5-13(6-10-15)18-17(22)19-14-7-11-16(12-8-14)21-4-2;19-15-7-3-1-5-13(15)11-17-9-10-18-12-14-6-2-4-8-16(14)20;;;;/h5-12H,3-4H2,1-2H3,(H2,18,19,22);1-8,11-12,19-20H,9-10H2;;;;/b;17-11+,18-12+;;;;. The molecule has 43 heavy (non-hydrogen) atoms. The number of nitrogens with one attached hydrogen (secondary N) is 2. The van der Waals surface area contributed by atoms with Crippen molar-refractivity contribution in [2.75, 3.05) is 36.9 Å². The Labute approximate surface area is 277 Å². The summed E-state index contributed by atoms with van der Waals surface area (Å²) in [5.74, 6) is 2.12. The number of para-hydroxylation sites is 2.